The summed E-state index contributed by atoms with van der Waals surface area (Å²) in [5, 5.41) is 24.3. The summed E-state index contributed by atoms with van der Waals surface area (Å²) in [7, 11) is -4.04. The number of aliphatic hydroxyl groups excluding tert-OH is 1. The number of hydrogen-bond acceptors (Lipinski definition) is 6. The van der Waals surface area contributed by atoms with E-state index in [2.05, 4.69) is 10.3 Å². The molecule has 3 N–H and O–H groups in total. The number of aromatic nitrogens is 1. The van der Waals surface area contributed by atoms with Crippen molar-refractivity contribution in [3.8, 4) is 0 Å². The highest BCUT2D eigenvalue weighted by atomic mass is 35.5. The maximum atomic E-state index is 13.8. The van der Waals surface area contributed by atoms with E-state index in [1.165, 1.54) is 24.3 Å². The molecular formula is C28H27ClF2N2O5S. The lowest BCUT2D eigenvalue weighted by Crippen LogP contribution is -2.52. The van der Waals surface area contributed by atoms with Crippen LogP contribution in [0.5, 0.6) is 0 Å². The van der Waals surface area contributed by atoms with Crippen molar-refractivity contribution >= 4 is 33.0 Å². The number of aliphatic hydroxyl groups is 2. The third-order valence-electron chi connectivity index (χ3n) is 8.04. The van der Waals surface area contributed by atoms with E-state index in [9.17, 15) is 32.2 Å². The molecule has 0 saturated heterocycles. The van der Waals surface area contributed by atoms with Crippen molar-refractivity contribution in [1.82, 2.24) is 4.98 Å². The first kappa shape index (κ1) is 27.6. The molecule has 1 aromatic heterocycles. The molecule has 3 atom stereocenters. The molecule has 1 amide bonds. The van der Waals surface area contributed by atoms with Crippen LogP contribution < -0.4 is 5.32 Å². The fourth-order valence-electron chi connectivity index (χ4n) is 6.01. The van der Waals surface area contributed by atoms with Gasteiger partial charge in [0.25, 0.3) is 5.91 Å². The summed E-state index contributed by atoms with van der Waals surface area (Å²) < 4.78 is 54.3. The molecule has 2 aromatic carbocycles. The van der Waals surface area contributed by atoms with Gasteiger partial charge in [0, 0.05) is 23.5 Å². The SMILES string of the molecule is Cc1ccnc([C@H](O)C2(O)C3CCC2CC(S(=O)(=O)c2cc(C(=O)Nc4ccc(F)c(F)c4)ccc2Cl)C3)c1. The number of pyridine rings is 1. The summed E-state index contributed by atoms with van der Waals surface area (Å²) in [6, 6.07) is 10.2. The van der Waals surface area contributed by atoms with Crippen molar-refractivity contribution in [3.63, 3.8) is 0 Å². The molecule has 2 aliphatic rings. The summed E-state index contributed by atoms with van der Waals surface area (Å²) in [6.07, 6.45) is 1.64. The first-order chi connectivity index (χ1) is 18.4. The Hall–Kier alpha value is -2.92. The lowest BCUT2D eigenvalue weighted by molar-refractivity contribution is -0.145. The Kier molecular flexibility index (Phi) is 7.26. The van der Waals surface area contributed by atoms with Crippen molar-refractivity contribution in [2.24, 2.45) is 11.8 Å². The van der Waals surface area contributed by atoms with Gasteiger partial charge in [-0.3, -0.25) is 9.78 Å². The van der Waals surface area contributed by atoms with E-state index in [1.54, 1.807) is 18.3 Å². The number of nitrogens with one attached hydrogen (secondary N) is 1. The highest BCUT2D eigenvalue weighted by molar-refractivity contribution is 7.92. The zero-order valence-electron chi connectivity index (χ0n) is 20.9. The highest BCUT2D eigenvalue weighted by Crippen LogP contribution is 2.56. The number of rotatable bonds is 6. The normalized spacial score (nSPS) is 25.3. The molecule has 1 heterocycles. The lowest BCUT2D eigenvalue weighted by Gasteiger charge is -2.45. The first-order valence-electron chi connectivity index (χ1n) is 12.5. The number of amides is 1. The molecule has 5 rings (SSSR count). The summed E-state index contributed by atoms with van der Waals surface area (Å²) in [5.74, 6) is -3.88. The summed E-state index contributed by atoms with van der Waals surface area (Å²) in [5.41, 5.74) is -0.308. The van der Waals surface area contributed by atoms with Crippen molar-refractivity contribution in [2.45, 2.75) is 54.5 Å². The van der Waals surface area contributed by atoms with E-state index in [4.69, 9.17) is 11.6 Å². The molecule has 0 aliphatic heterocycles. The fraction of sp³-hybridized carbons (Fsp3) is 0.357. The third-order valence-corrected chi connectivity index (χ3v) is 10.7. The molecular weight excluding hydrogens is 550 g/mol. The standard InChI is InChI=1S/C28H27ClF2N2O5S/c1-15-8-9-32-24(10-15)26(34)28(36)17-3-4-18(28)13-20(12-17)39(37,38)25-11-16(2-6-21(25)29)27(35)33-19-5-7-22(30)23(31)14-19/h2,5-11,14,17-18,20,26,34,36H,3-4,12-13H2,1H3,(H,33,35)/t17?,18?,20?,26-,28?/m0/s1. The van der Waals surface area contributed by atoms with Crippen LogP contribution in [0.3, 0.4) is 0 Å². The molecule has 39 heavy (non-hydrogen) atoms. The van der Waals surface area contributed by atoms with Crippen molar-refractivity contribution < 1.29 is 32.2 Å². The maximum absolute atomic E-state index is 13.8. The molecule has 3 aromatic rings. The number of anilines is 1. The predicted molar refractivity (Wildman–Crippen MR) is 141 cm³/mol. The Labute approximate surface area is 229 Å². The zero-order valence-corrected chi connectivity index (χ0v) is 22.5. The van der Waals surface area contributed by atoms with Gasteiger partial charge in [-0.15, -0.1) is 0 Å². The number of fused-ring (bicyclic) bond motifs is 2. The van der Waals surface area contributed by atoms with E-state index < -0.39 is 56.2 Å². The molecule has 2 bridgehead atoms. The fourth-order valence-corrected chi connectivity index (χ4v) is 8.41. The maximum Gasteiger partial charge on any atom is 0.255 e. The number of hydrogen-bond donors (Lipinski definition) is 3. The van der Waals surface area contributed by atoms with Crippen molar-refractivity contribution in [2.75, 3.05) is 5.32 Å². The monoisotopic (exact) mass is 576 g/mol. The second kappa shape index (κ2) is 10.2. The second-order valence-corrected chi connectivity index (χ2v) is 13.0. The van der Waals surface area contributed by atoms with Gasteiger partial charge in [0.1, 0.15) is 11.7 Å². The molecule has 0 spiro atoms. The summed E-state index contributed by atoms with van der Waals surface area (Å²) >= 11 is 6.29. The topological polar surface area (TPSA) is 117 Å². The molecule has 2 aliphatic carbocycles. The summed E-state index contributed by atoms with van der Waals surface area (Å²) in [6.45, 7) is 1.86. The molecule has 11 heteroatoms. The van der Waals surface area contributed by atoms with Crippen LogP contribution in [0.15, 0.2) is 59.6 Å². The van der Waals surface area contributed by atoms with E-state index in [0.717, 1.165) is 17.7 Å². The molecule has 0 radical (unpaired) electrons. The first-order valence-corrected chi connectivity index (χ1v) is 14.5. The second-order valence-electron chi connectivity index (χ2n) is 10.4. The van der Waals surface area contributed by atoms with Gasteiger partial charge < -0.3 is 15.5 Å². The summed E-state index contributed by atoms with van der Waals surface area (Å²) in [4.78, 5) is 16.8. The Morgan fingerprint density at radius 1 is 1.08 bits per heavy atom. The van der Waals surface area contributed by atoms with Gasteiger partial charge >= 0.3 is 0 Å². The van der Waals surface area contributed by atoms with Crippen molar-refractivity contribution in [3.05, 3.63) is 88.2 Å². The van der Waals surface area contributed by atoms with E-state index in [-0.39, 0.29) is 34.0 Å². The molecule has 2 unspecified atom stereocenters. The van der Waals surface area contributed by atoms with Gasteiger partial charge in [0.15, 0.2) is 21.5 Å². The molecule has 206 valence electrons. The number of halogens is 3. The van der Waals surface area contributed by atoms with Crippen LogP contribution in [-0.2, 0) is 9.84 Å². The minimum Gasteiger partial charge on any atom is -0.386 e. The smallest absolute Gasteiger partial charge is 0.255 e. The van der Waals surface area contributed by atoms with Crippen LogP contribution in [0.4, 0.5) is 14.5 Å². The van der Waals surface area contributed by atoms with Gasteiger partial charge in [-0.1, -0.05) is 11.6 Å². The number of sulfone groups is 1. The minimum absolute atomic E-state index is 0.00283. The third kappa shape index (κ3) is 4.95. The van der Waals surface area contributed by atoms with E-state index in [0.29, 0.717) is 18.5 Å². The van der Waals surface area contributed by atoms with E-state index in [1.807, 2.05) is 6.92 Å². The van der Waals surface area contributed by atoms with E-state index >= 15 is 0 Å². The van der Waals surface area contributed by atoms with Crippen LogP contribution in [0.1, 0.15) is 53.4 Å². The zero-order chi connectivity index (χ0) is 28.1. The Bertz CT molecular complexity index is 1540. The van der Waals surface area contributed by atoms with Crippen molar-refractivity contribution in [1.29, 1.82) is 0 Å². The number of aryl methyl sites for hydroxylation is 1. The Morgan fingerprint density at radius 2 is 1.77 bits per heavy atom. The molecule has 2 saturated carbocycles. The van der Waals surface area contributed by atoms with Crippen LogP contribution in [0, 0.1) is 30.4 Å². The average Bonchev–Trinajstić information content (AvgIpc) is 3.05. The Balaban J connectivity index is 1.39. The lowest BCUT2D eigenvalue weighted by atomic mass is 9.70. The largest absolute Gasteiger partial charge is 0.386 e. The quantitative estimate of drug-likeness (QED) is 0.380. The highest BCUT2D eigenvalue weighted by Gasteiger charge is 2.59. The number of carbonyl (C=O) groups excluding carboxylic acids is 1. The van der Waals surface area contributed by atoms with Gasteiger partial charge in [-0.05, 0) is 92.5 Å². The minimum atomic E-state index is -4.04. The van der Waals surface area contributed by atoms with Gasteiger partial charge in [0.05, 0.1) is 20.9 Å². The Morgan fingerprint density at radius 3 is 2.41 bits per heavy atom. The van der Waals surface area contributed by atoms with Crippen LogP contribution in [-0.4, -0.2) is 40.4 Å². The van der Waals surface area contributed by atoms with Crippen LogP contribution in [0.2, 0.25) is 5.02 Å². The average molecular weight is 577 g/mol. The number of carbonyl (C=O) groups is 1. The van der Waals surface area contributed by atoms with Crippen LogP contribution >= 0.6 is 11.6 Å². The molecule has 7 nitrogen and oxygen atoms in total. The molecule has 2 fully saturated rings. The van der Waals surface area contributed by atoms with Gasteiger partial charge in [0.2, 0.25) is 0 Å². The van der Waals surface area contributed by atoms with Gasteiger partial charge in [-0.2, -0.15) is 0 Å². The number of nitrogens with zero attached hydrogens (tertiary/aromatic N) is 1. The van der Waals surface area contributed by atoms with Gasteiger partial charge in [-0.25, -0.2) is 17.2 Å². The van der Waals surface area contributed by atoms with Crippen LogP contribution in [0.25, 0.3) is 0 Å². The predicted octanol–water partition coefficient (Wildman–Crippen LogP) is 5.00. The number of benzene rings is 2.